The first-order chi connectivity index (χ1) is 13.8. The minimum absolute atomic E-state index is 0.0434. The van der Waals surface area contributed by atoms with E-state index in [2.05, 4.69) is 31.4 Å². The molecule has 10 heteroatoms. The van der Waals surface area contributed by atoms with Crippen molar-refractivity contribution in [1.82, 2.24) is 14.5 Å². The van der Waals surface area contributed by atoms with Crippen molar-refractivity contribution in [3.05, 3.63) is 58.6 Å². The summed E-state index contributed by atoms with van der Waals surface area (Å²) in [6, 6.07) is 13.1. The van der Waals surface area contributed by atoms with E-state index in [0.29, 0.717) is 0 Å². The van der Waals surface area contributed by atoms with Gasteiger partial charge in [-0.25, -0.2) is 8.42 Å². The summed E-state index contributed by atoms with van der Waals surface area (Å²) in [4.78, 5) is 12.6. The molecule has 8 nitrogen and oxygen atoms in total. The van der Waals surface area contributed by atoms with Crippen LogP contribution in [0.15, 0.2) is 62.3 Å². The first-order valence-corrected chi connectivity index (χ1v) is 11.1. The average Bonchev–Trinajstić information content (AvgIpc) is 3.47. The van der Waals surface area contributed by atoms with Crippen molar-refractivity contribution >= 4 is 37.9 Å². The molecule has 1 aliphatic carbocycles. The van der Waals surface area contributed by atoms with Crippen molar-refractivity contribution in [2.24, 2.45) is 0 Å². The van der Waals surface area contributed by atoms with Gasteiger partial charge in [-0.3, -0.25) is 10.1 Å². The highest BCUT2D eigenvalue weighted by atomic mass is 79.9. The van der Waals surface area contributed by atoms with E-state index >= 15 is 0 Å². The number of hydrogen-bond acceptors (Lipinski definition) is 6. The number of anilines is 1. The molecule has 0 saturated heterocycles. The monoisotopic (exact) mass is 476 g/mol. The van der Waals surface area contributed by atoms with Gasteiger partial charge in [0, 0.05) is 28.7 Å². The SMILES string of the molecule is CN(C1CC1)S(=O)(=O)c1ccc(C(=O)Nc2nnc(-c3ccc(Br)cc3)o2)cc1. The Morgan fingerprint density at radius 3 is 2.38 bits per heavy atom. The molecule has 150 valence electrons. The van der Waals surface area contributed by atoms with Crippen LogP contribution in [0.1, 0.15) is 23.2 Å². The Morgan fingerprint density at radius 1 is 1.10 bits per heavy atom. The Bertz CT molecular complexity index is 1140. The molecule has 0 aliphatic heterocycles. The lowest BCUT2D eigenvalue weighted by Crippen LogP contribution is -2.29. The van der Waals surface area contributed by atoms with Gasteiger partial charge in [0.15, 0.2) is 0 Å². The van der Waals surface area contributed by atoms with Crippen LogP contribution in [0, 0.1) is 0 Å². The third-order valence-corrected chi connectivity index (χ3v) is 7.04. The molecule has 1 fully saturated rings. The van der Waals surface area contributed by atoms with Crippen LogP contribution in [0.25, 0.3) is 11.5 Å². The first-order valence-electron chi connectivity index (χ1n) is 8.83. The molecule has 29 heavy (non-hydrogen) atoms. The number of sulfonamides is 1. The fourth-order valence-corrected chi connectivity index (χ4v) is 4.41. The Morgan fingerprint density at radius 2 is 1.76 bits per heavy atom. The van der Waals surface area contributed by atoms with Crippen LogP contribution in [0.5, 0.6) is 0 Å². The van der Waals surface area contributed by atoms with E-state index in [1.165, 1.54) is 28.6 Å². The second kappa shape index (κ2) is 7.69. The smallest absolute Gasteiger partial charge is 0.322 e. The number of nitrogens with one attached hydrogen (secondary N) is 1. The van der Waals surface area contributed by atoms with Crippen molar-refractivity contribution in [3.63, 3.8) is 0 Å². The average molecular weight is 477 g/mol. The molecule has 0 unspecified atom stereocenters. The van der Waals surface area contributed by atoms with Crippen molar-refractivity contribution in [2.75, 3.05) is 12.4 Å². The number of aromatic nitrogens is 2. The van der Waals surface area contributed by atoms with Crippen LogP contribution < -0.4 is 5.32 Å². The maximum absolute atomic E-state index is 12.5. The summed E-state index contributed by atoms with van der Waals surface area (Å²) >= 11 is 3.35. The van der Waals surface area contributed by atoms with Crippen LogP contribution in [0.4, 0.5) is 6.01 Å². The summed E-state index contributed by atoms with van der Waals surface area (Å²) < 4.78 is 32.8. The minimum Gasteiger partial charge on any atom is -0.403 e. The van der Waals surface area contributed by atoms with Gasteiger partial charge >= 0.3 is 6.01 Å². The lowest BCUT2D eigenvalue weighted by molar-refractivity contribution is 0.102. The number of amides is 1. The number of carbonyl (C=O) groups excluding carboxylic acids is 1. The number of nitrogens with zero attached hydrogens (tertiary/aromatic N) is 3. The number of rotatable bonds is 6. The molecule has 1 saturated carbocycles. The zero-order valence-corrected chi connectivity index (χ0v) is 17.8. The Hall–Kier alpha value is -2.56. The molecule has 3 aromatic rings. The standard InChI is InChI=1S/C19H17BrN4O4S/c1-24(15-8-9-15)29(26,27)16-10-4-12(5-11-16)17(25)21-19-23-22-18(28-19)13-2-6-14(20)7-3-13/h2-7,10-11,15H,8-9H2,1H3,(H,21,23,25). The van der Waals surface area contributed by atoms with Crippen LogP contribution in [-0.2, 0) is 10.0 Å². The molecule has 1 aromatic heterocycles. The molecule has 0 radical (unpaired) electrons. The van der Waals surface area contributed by atoms with Crippen LogP contribution in [0.2, 0.25) is 0 Å². The summed E-state index contributed by atoms with van der Waals surface area (Å²) in [6.45, 7) is 0. The van der Waals surface area contributed by atoms with Gasteiger partial charge in [0.1, 0.15) is 0 Å². The van der Waals surface area contributed by atoms with Crippen molar-refractivity contribution < 1.29 is 17.6 Å². The van der Waals surface area contributed by atoms with Gasteiger partial charge in [-0.05, 0) is 61.4 Å². The minimum atomic E-state index is -3.55. The summed E-state index contributed by atoms with van der Waals surface area (Å²) in [5.41, 5.74) is 0.997. The van der Waals surface area contributed by atoms with E-state index in [-0.39, 0.29) is 28.4 Å². The van der Waals surface area contributed by atoms with Gasteiger partial charge in [0.25, 0.3) is 5.91 Å². The molecule has 1 amide bonds. The second-order valence-corrected chi connectivity index (χ2v) is 9.56. The van der Waals surface area contributed by atoms with E-state index in [4.69, 9.17) is 4.42 Å². The fraction of sp³-hybridized carbons (Fsp3) is 0.211. The predicted molar refractivity (Wildman–Crippen MR) is 110 cm³/mol. The highest BCUT2D eigenvalue weighted by Gasteiger charge is 2.35. The number of halogens is 1. The third kappa shape index (κ3) is 4.24. The Kier molecular flexibility index (Phi) is 5.24. The van der Waals surface area contributed by atoms with E-state index in [9.17, 15) is 13.2 Å². The third-order valence-electron chi connectivity index (χ3n) is 4.59. The summed E-state index contributed by atoms with van der Waals surface area (Å²) in [5.74, 6) is -0.201. The normalized spacial score (nSPS) is 14.2. The van der Waals surface area contributed by atoms with Crippen LogP contribution >= 0.6 is 15.9 Å². The lowest BCUT2D eigenvalue weighted by Gasteiger charge is -2.16. The zero-order chi connectivity index (χ0) is 20.6. The highest BCUT2D eigenvalue weighted by Crippen LogP contribution is 2.30. The predicted octanol–water partition coefficient (Wildman–Crippen LogP) is 3.53. The maximum atomic E-state index is 12.5. The molecule has 0 atom stereocenters. The molecule has 4 rings (SSSR count). The Balaban J connectivity index is 1.46. The number of benzene rings is 2. The van der Waals surface area contributed by atoms with Gasteiger partial charge < -0.3 is 4.42 Å². The maximum Gasteiger partial charge on any atom is 0.322 e. The molecule has 1 heterocycles. The topological polar surface area (TPSA) is 105 Å². The number of carbonyl (C=O) groups is 1. The van der Waals surface area contributed by atoms with Crippen molar-refractivity contribution in [1.29, 1.82) is 0 Å². The quantitative estimate of drug-likeness (QED) is 0.583. The van der Waals surface area contributed by atoms with E-state index < -0.39 is 15.9 Å². The van der Waals surface area contributed by atoms with Gasteiger partial charge in [-0.1, -0.05) is 21.0 Å². The highest BCUT2D eigenvalue weighted by molar-refractivity contribution is 9.10. The largest absolute Gasteiger partial charge is 0.403 e. The second-order valence-electron chi connectivity index (χ2n) is 6.65. The van der Waals surface area contributed by atoms with Crippen molar-refractivity contribution in [2.45, 2.75) is 23.8 Å². The zero-order valence-electron chi connectivity index (χ0n) is 15.4. The molecular formula is C19H17BrN4O4S. The summed E-state index contributed by atoms with van der Waals surface area (Å²) in [7, 11) is -1.97. The molecular weight excluding hydrogens is 460 g/mol. The lowest BCUT2D eigenvalue weighted by atomic mass is 10.2. The Labute approximate surface area is 176 Å². The van der Waals surface area contributed by atoms with Crippen LogP contribution in [0.3, 0.4) is 0 Å². The molecule has 0 spiro atoms. The fourth-order valence-electron chi connectivity index (χ4n) is 2.73. The van der Waals surface area contributed by atoms with E-state index in [1.54, 1.807) is 19.2 Å². The summed E-state index contributed by atoms with van der Waals surface area (Å²) in [6.07, 6.45) is 1.76. The number of hydrogen-bond donors (Lipinski definition) is 1. The molecule has 0 bridgehead atoms. The van der Waals surface area contributed by atoms with E-state index in [0.717, 1.165) is 22.9 Å². The van der Waals surface area contributed by atoms with Crippen molar-refractivity contribution in [3.8, 4) is 11.5 Å². The molecule has 1 N–H and O–H groups in total. The molecule has 1 aliphatic rings. The van der Waals surface area contributed by atoms with Crippen LogP contribution in [-0.4, -0.2) is 41.9 Å². The van der Waals surface area contributed by atoms with E-state index in [1.807, 2.05) is 12.1 Å². The molecule has 2 aromatic carbocycles. The summed E-state index contributed by atoms with van der Waals surface area (Å²) in [5, 5.41) is 10.3. The van der Waals surface area contributed by atoms with Gasteiger partial charge in [0.2, 0.25) is 15.9 Å². The first kappa shape index (κ1) is 19.7. The van der Waals surface area contributed by atoms with Gasteiger partial charge in [-0.2, -0.15) is 4.31 Å². The van der Waals surface area contributed by atoms with Gasteiger partial charge in [0.05, 0.1) is 4.90 Å². The van der Waals surface area contributed by atoms with Gasteiger partial charge in [-0.15, -0.1) is 5.10 Å².